The van der Waals surface area contributed by atoms with E-state index in [1.807, 2.05) is 41.3 Å². The summed E-state index contributed by atoms with van der Waals surface area (Å²) in [6, 6.07) is 22.3. The highest BCUT2D eigenvalue weighted by Crippen LogP contribution is 2.34. The van der Waals surface area contributed by atoms with Gasteiger partial charge in [0, 0.05) is 16.8 Å². The molecule has 0 atom stereocenters. The van der Waals surface area contributed by atoms with Crippen molar-refractivity contribution in [2.75, 3.05) is 18.6 Å². The molecular formula is C24H23NO3. The van der Waals surface area contributed by atoms with Crippen LogP contribution in [0.1, 0.15) is 16.7 Å². The second kappa shape index (κ2) is 7.87. The van der Waals surface area contributed by atoms with E-state index in [1.54, 1.807) is 7.11 Å². The van der Waals surface area contributed by atoms with Crippen molar-refractivity contribution in [2.24, 2.45) is 0 Å². The van der Waals surface area contributed by atoms with E-state index in [0.717, 1.165) is 33.7 Å². The first-order valence-corrected chi connectivity index (χ1v) is 9.35. The fourth-order valence-corrected chi connectivity index (χ4v) is 3.53. The van der Waals surface area contributed by atoms with Gasteiger partial charge in [-0.1, -0.05) is 54.1 Å². The standard InChI is InChI=1S/C24H23NO3/c1-17-7-9-18(10-8-17)14-25-22-12-11-19(13-20(22)15-28-16-24(25)26)21-5-3-4-6-23(21)27-2/h3-13H,14-16H2,1-2H3. The van der Waals surface area contributed by atoms with Gasteiger partial charge in [0.15, 0.2) is 0 Å². The molecule has 0 saturated heterocycles. The summed E-state index contributed by atoms with van der Waals surface area (Å²) >= 11 is 0. The molecule has 3 aromatic carbocycles. The van der Waals surface area contributed by atoms with Crippen LogP contribution in [0, 0.1) is 6.92 Å². The van der Waals surface area contributed by atoms with Crippen molar-refractivity contribution in [3.05, 3.63) is 83.4 Å². The van der Waals surface area contributed by atoms with Gasteiger partial charge in [0.1, 0.15) is 12.4 Å². The highest BCUT2D eigenvalue weighted by Gasteiger charge is 2.23. The van der Waals surface area contributed by atoms with Gasteiger partial charge in [0.05, 0.1) is 20.3 Å². The van der Waals surface area contributed by atoms with E-state index >= 15 is 0 Å². The second-order valence-electron chi connectivity index (χ2n) is 7.00. The van der Waals surface area contributed by atoms with E-state index in [9.17, 15) is 4.79 Å². The number of carbonyl (C=O) groups excluding carboxylic acids is 1. The van der Waals surface area contributed by atoms with Crippen molar-refractivity contribution in [1.29, 1.82) is 0 Å². The predicted molar refractivity (Wildman–Crippen MR) is 110 cm³/mol. The van der Waals surface area contributed by atoms with Gasteiger partial charge in [0.25, 0.3) is 5.91 Å². The van der Waals surface area contributed by atoms with Crippen LogP contribution in [0.15, 0.2) is 66.7 Å². The topological polar surface area (TPSA) is 38.8 Å². The molecule has 0 unspecified atom stereocenters. The molecule has 1 aliphatic heterocycles. The number of methoxy groups -OCH3 is 1. The number of para-hydroxylation sites is 1. The van der Waals surface area contributed by atoms with Gasteiger partial charge in [-0.3, -0.25) is 4.79 Å². The van der Waals surface area contributed by atoms with Crippen LogP contribution in [0.5, 0.6) is 5.75 Å². The van der Waals surface area contributed by atoms with Crippen LogP contribution in [-0.4, -0.2) is 19.6 Å². The zero-order valence-corrected chi connectivity index (χ0v) is 16.1. The predicted octanol–water partition coefficient (Wildman–Crippen LogP) is 4.73. The van der Waals surface area contributed by atoms with Gasteiger partial charge in [-0.05, 0) is 36.2 Å². The molecular weight excluding hydrogens is 350 g/mol. The first-order chi connectivity index (χ1) is 13.7. The lowest BCUT2D eigenvalue weighted by Crippen LogP contribution is -2.32. The Morgan fingerprint density at radius 2 is 1.79 bits per heavy atom. The maximum Gasteiger partial charge on any atom is 0.253 e. The number of benzene rings is 3. The monoisotopic (exact) mass is 373 g/mol. The number of hydrogen-bond acceptors (Lipinski definition) is 3. The minimum absolute atomic E-state index is 0.0237. The van der Waals surface area contributed by atoms with Gasteiger partial charge in [-0.2, -0.15) is 0 Å². The first kappa shape index (κ1) is 18.3. The largest absolute Gasteiger partial charge is 0.496 e. The summed E-state index contributed by atoms with van der Waals surface area (Å²) in [5, 5.41) is 0. The molecule has 1 aliphatic rings. The zero-order valence-electron chi connectivity index (χ0n) is 16.1. The van der Waals surface area contributed by atoms with E-state index in [4.69, 9.17) is 9.47 Å². The number of anilines is 1. The van der Waals surface area contributed by atoms with E-state index in [-0.39, 0.29) is 12.5 Å². The van der Waals surface area contributed by atoms with Gasteiger partial charge in [-0.15, -0.1) is 0 Å². The number of amides is 1. The fraction of sp³-hybridized carbons (Fsp3) is 0.208. The maximum atomic E-state index is 12.7. The van der Waals surface area contributed by atoms with Crippen LogP contribution in [0.2, 0.25) is 0 Å². The SMILES string of the molecule is COc1ccccc1-c1ccc2c(c1)COCC(=O)N2Cc1ccc(C)cc1. The number of ether oxygens (including phenoxy) is 2. The third kappa shape index (κ3) is 3.64. The molecule has 1 amide bonds. The van der Waals surface area contributed by atoms with E-state index in [1.165, 1.54) is 5.56 Å². The Balaban J connectivity index is 1.72. The van der Waals surface area contributed by atoms with E-state index in [0.29, 0.717) is 13.2 Å². The van der Waals surface area contributed by atoms with Crippen LogP contribution in [0.25, 0.3) is 11.1 Å². The Labute approximate surface area is 165 Å². The highest BCUT2D eigenvalue weighted by molar-refractivity contribution is 5.96. The Kier molecular flexibility index (Phi) is 5.13. The quantitative estimate of drug-likeness (QED) is 0.663. The molecule has 0 saturated carbocycles. The number of fused-ring (bicyclic) bond motifs is 1. The molecule has 0 radical (unpaired) electrons. The Morgan fingerprint density at radius 3 is 2.57 bits per heavy atom. The molecule has 0 spiro atoms. The summed E-state index contributed by atoms with van der Waals surface area (Å²) < 4.78 is 11.1. The second-order valence-corrected chi connectivity index (χ2v) is 7.00. The van der Waals surface area contributed by atoms with Crippen LogP contribution in [0.4, 0.5) is 5.69 Å². The average molecular weight is 373 g/mol. The summed E-state index contributed by atoms with van der Waals surface area (Å²) in [5.74, 6) is 0.800. The molecule has 0 aliphatic carbocycles. The van der Waals surface area contributed by atoms with Crippen molar-refractivity contribution in [3.8, 4) is 16.9 Å². The number of hydrogen-bond donors (Lipinski definition) is 0. The highest BCUT2D eigenvalue weighted by atomic mass is 16.5. The zero-order chi connectivity index (χ0) is 19.5. The first-order valence-electron chi connectivity index (χ1n) is 9.35. The fourth-order valence-electron chi connectivity index (χ4n) is 3.53. The van der Waals surface area contributed by atoms with Gasteiger partial charge >= 0.3 is 0 Å². The van der Waals surface area contributed by atoms with Crippen LogP contribution in [0.3, 0.4) is 0 Å². The summed E-state index contributed by atoms with van der Waals surface area (Å²) in [5.41, 5.74) is 6.28. The third-order valence-corrected chi connectivity index (χ3v) is 5.03. The van der Waals surface area contributed by atoms with E-state index < -0.39 is 0 Å². The van der Waals surface area contributed by atoms with Gasteiger partial charge in [-0.25, -0.2) is 0 Å². The smallest absolute Gasteiger partial charge is 0.253 e. The molecule has 4 rings (SSSR count). The molecule has 3 aromatic rings. The lowest BCUT2D eigenvalue weighted by Gasteiger charge is -2.23. The third-order valence-electron chi connectivity index (χ3n) is 5.03. The van der Waals surface area contributed by atoms with Gasteiger partial charge < -0.3 is 14.4 Å². The lowest BCUT2D eigenvalue weighted by atomic mass is 10.0. The normalized spacial score (nSPS) is 13.8. The van der Waals surface area contributed by atoms with Crippen LogP contribution < -0.4 is 9.64 Å². The van der Waals surface area contributed by atoms with E-state index in [2.05, 4.69) is 37.3 Å². The van der Waals surface area contributed by atoms with Crippen LogP contribution in [-0.2, 0) is 22.7 Å². The molecule has 4 heteroatoms. The molecule has 4 nitrogen and oxygen atoms in total. The van der Waals surface area contributed by atoms with Crippen molar-refractivity contribution < 1.29 is 14.3 Å². The Morgan fingerprint density at radius 1 is 1.00 bits per heavy atom. The average Bonchev–Trinajstić information content (AvgIpc) is 2.88. The molecule has 142 valence electrons. The van der Waals surface area contributed by atoms with Crippen molar-refractivity contribution >= 4 is 11.6 Å². The van der Waals surface area contributed by atoms with Gasteiger partial charge in [0.2, 0.25) is 0 Å². The number of aryl methyl sites for hydroxylation is 1. The molecule has 0 fully saturated rings. The van der Waals surface area contributed by atoms with Crippen molar-refractivity contribution in [2.45, 2.75) is 20.1 Å². The Hall–Kier alpha value is -3.11. The molecule has 0 aromatic heterocycles. The summed E-state index contributed by atoms with van der Waals surface area (Å²) in [6.07, 6.45) is 0. The minimum Gasteiger partial charge on any atom is -0.496 e. The summed E-state index contributed by atoms with van der Waals surface area (Å²) in [7, 11) is 1.67. The van der Waals surface area contributed by atoms with Crippen LogP contribution >= 0.6 is 0 Å². The summed E-state index contributed by atoms with van der Waals surface area (Å²) in [6.45, 7) is 3.09. The summed E-state index contributed by atoms with van der Waals surface area (Å²) in [4.78, 5) is 14.5. The van der Waals surface area contributed by atoms with Crippen molar-refractivity contribution in [1.82, 2.24) is 0 Å². The molecule has 1 heterocycles. The minimum atomic E-state index is -0.0237. The Bertz CT molecular complexity index is 995. The van der Waals surface area contributed by atoms with Crippen molar-refractivity contribution in [3.63, 3.8) is 0 Å². The maximum absolute atomic E-state index is 12.7. The molecule has 28 heavy (non-hydrogen) atoms. The molecule has 0 bridgehead atoms. The number of nitrogens with zero attached hydrogens (tertiary/aromatic N) is 1. The number of carbonyl (C=O) groups is 1. The lowest BCUT2D eigenvalue weighted by molar-refractivity contribution is -0.123. The number of rotatable bonds is 4. The molecule has 0 N–H and O–H groups in total.